The fraction of sp³-hybridized carbons (Fsp3) is 0.308. The lowest BCUT2D eigenvalue weighted by atomic mass is 10.2. The summed E-state index contributed by atoms with van der Waals surface area (Å²) in [5.74, 6) is 0.0833. The number of nitrogens with one attached hydrogen (secondary N) is 1. The Hall–Kier alpha value is -1.48. The summed E-state index contributed by atoms with van der Waals surface area (Å²) in [6, 6.07) is 8.10. The smallest absolute Gasteiger partial charge is 0.240 e. The van der Waals surface area contributed by atoms with E-state index >= 15 is 0 Å². The van der Waals surface area contributed by atoms with Gasteiger partial charge in [-0.05, 0) is 37.1 Å². The monoisotopic (exact) mass is 248 g/mol. The van der Waals surface area contributed by atoms with E-state index in [0.29, 0.717) is 12.6 Å². The maximum absolute atomic E-state index is 11.7. The number of carbonyl (C=O) groups is 1. The zero-order valence-corrected chi connectivity index (χ0v) is 10.1. The van der Waals surface area contributed by atoms with E-state index in [4.69, 9.17) is 11.6 Å². The maximum atomic E-state index is 11.7. The highest BCUT2D eigenvalue weighted by Crippen LogP contribution is 2.21. The van der Waals surface area contributed by atoms with Gasteiger partial charge in [-0.1, -0.05) is 11.6 Å². The average Bonchev–Trinajstić information content (AvgIpc) is 3.01. The van der Waals surface area contributed by atoms with Gasteiger partial charge in [0.05, 0.1) is 0 Å². The van der Waals surface area contributed by atoms with Crippen molar-refractivity contribution < 1.29 is 4.79 Å². The van der Waals surface area contributed by atoms with Gasteiger partial charge < -0.3 is 9.88 Å². The average molecular weight is 249 g/mol. The maximum Gasteiger partial charge on any atom is 0.240 e. The van der Waals surface area contributed by atoms with Crippen LogP contribution in [-0.2, 0) is 11.3 Å². The molecule has 1 amide bonds. The van der Waals surface area contributed by atoms with Gasteiger partial charge in [-0.15, -0.1) is 0 Å². The zero-order valence-electron chi connectivity index (χ0n) is 9.32. The molecule has 1 aromatic heterocycles. The Morgan fingerprint density at radius 1 is 1.41 bits per heavy atom. The first-order valence-electron chi connectivity index (χ1n) is 5.76. The van der Waals surface area contributed by atoms with Crippen molar-refractivity contribution in [2.45, 2.75) is 25.4 Å². The number of benzene rings is 1. The van der Waals surface area contributed by atoms with Gasteiger partial charge in [0.2, 0.25) is 5.91 Å². The summed E-state index contributed by atoms with van der Waals surface area (Å²) in [6.45, 7) is 0.377. The number of carbonyl (C=O) groups excluding carboxylic acids is 1. The number of hydrogen-bond acceptors (Lipinski definition) is 1. The first-order valence-corrected chi connectivity index (χ1v) is 6.14. The van der Waals surface area contributed by atoms with Gasteiger partial charge in [0.15, 0.2) is 0 Å². The minimum absolute atomic E-state index is 0.0833. The summed E-state index contributed by atoms with van der Waals surface area (Å²) in [6.07, 6.45) is 4.16. The summed E-state index contributed by atoms with van der Waals surface area (Å²) >= 11 is 5.92. The van der Waals surface area contributed by atoms with Gasteiger partial charge in [0.1, 0.15) is 6.54 Å². The number of rotatable bonds is 3. The predicted octanol–water partition coefficient (Wildman–Crippen LogP) is 2.57. The molecule has 0 aliphatic heterocycles. The molecule has 2 aromatic rings. The first-order chi connectivity index (χ1) is 8.22. The van der Waals surface area contributed by atoms with E-state index in [1.165, 1.54) is 0 Å². The molecule has 0 unspecified atom stereocenters. The molecule has 0 radical (unpaired) electrons. The van der Waals surface area contributed by atoms with Crippen LogP contribution in [0.2, 0.25) is 5.02 Å². The van der Waals surface area contributed by atoms with Gasteiger partial charge in [-0.2, -0.15) is 0 Å². The third-order valence-electron chi connectivity index (χ3n) is 2.99. The molecule has 1 fully saturated rings. The molecule has 88 valence electrons. The molecule has 0 saturated heterocycles. The quantitative estimate of drug-likeness (QED) is 0.890. The molecule has 3 nitrogen and oxygen atoms in total. The van der Waals surface area contributed by atoms with Crippen LogP contribution in [0.1, 0.15) is 12.8 Å². The van der Waals surface area contributed by atoms with Crippen molar-refractivity contribution in [3.63, 3.8) is 0 Å². The van der Waals surface area contributed by atoms with E-state index in [2.05, 4.69) is 5.32 Å². The van der Waals surface area contributed by atoms with E-state index < -0.39 is 0 Å². The van der Waals surface area contributed by atoms with E-state index in [-0.39, 0.29) is 5.91 Å². The second kappa shape index (κ2) is 4.08. The van der Waals surface area contributed by atoms with Crippen LogP contribution in [0.25, 0.3) is 10.9 Å². The molecule has 1 aliphatic carbocycles. The van der Waals surface area contributed by atoms with Crippen molar-refractivity contribution in [3.05, 3.63) is 35.5 Å². The lowest BCUT2D eigenvalue weighted by molar-refractivity contribution is -0.121. The third kappa shape index (κ3) is 2.29. The molecule has 1 aliphatic rings. The Balaban J connectivity index is 1.82. The highest BCUT2D eigenvalue weighted by Gasteiger charge is 2.23. The van der Waals surface area contributed by atoms with Crippen molar-refractivity contribution in [2.24, 2.45) is 0 Å². The highest BCUT2D eigenvalue weighted by molar-refractivity contribution is 6.31. The van der Waals surface area contributed by atoms with Crippen molar-refractivity contribution in [1.82, 2.24) is 9.88 Å². The SMILES string of the molecule is O=C(Cn1ccc2cc(Cl)ccc21)NC1CC1. The number of fused-ring (bicyclic) bond motifs is 1. The lowest BCUT2D eigenvalue weighted by Gasteiger charge is -2.06. The largest absolute Gasteiger partial charge is 0.352 e. The standard InChI is InChI=1S/C13H13ClN2O/c14-10-1-4-12-9(7-10)5-6-16(12)8-13(17)15-11-2-3-11/h1,4-7,11H,2-3,8H2,(H,15,17). The van der Waals surface area contributed by atoms with Crippen LogP contribution in [0, 0.1) is 0 Å². The van der Waals surface area contributed by atoms with Crippen LogP contribution in [0.5, 0.6) is 0 Å². The molecule has 1 N–H and O–H groups in total. The van der Waals surface area contributed by atoms with Gasteiger partial charge in [0, 0.05) is 28.2 Å². The molecule has 0 atom stereocenters. The van der Waals surface area contributed by atoms with Crippen molar-refractivity contribution in [2.75, 3.05) is 0 Å². The fourth-order valence-electron chi connectivity index (χ4n) is 1.96. The Labute approximate surface area is 104 Å². The number of halogens is 1. The minimum Gasteiger partial charge on any atom is -0.352 e. The number of amides is 1. The number of nitrogens with zero attached hydrogens (tertiary/aromatic N) is 1. The Bertz CT molecular complexity index is 572. The molecule has 1 heterocycles. The Morgan fingerprint density at radius 2 is 2.24 bits per heavy atom. The van der Waals surface area contributed by atoms with Crippen LogP contribution in [0.3, 0.4) is 0 Å². The van der Waals surface area contributed by atoms with Gasteiger partial charge in [0.25, 0.3) is 0 Å². The van der Waals surface area contributed by atoms with Crippen LogP contribution in [0.15, 0.2) is 30.5 Å². The zero-order chi connectivity index (χ0) is 11.8. The fourth-order valence-corrected chi connectivity index (χ4v) is 2.15. The lowest BCUT2D eigenvalue weighted by Crippen LogP contribution is -2.28. The van der Waals surface area contributed by atoms with Gasteiger partial charge >= 0.3 is 0 Å². The van der Waals surface area contributed by atoms with Crippen LogP contribution in [-0.4, -0.2) is 16.5 Å². The Morgan fingerprint density at radius 3 is 3.00 bits per heavy atom. The van der Waals surface area contributed by atoms with E-state index in [9.17, 15) is 4.79 Å². The summed E-state index contributed by atoms with van der Waals surface area (Å²) < 4.78 is 1.95. The number of aromatic nitrogens is 1. The minimum atomic E-state index is 0.0833. The van der Waals surface area contributed by atoms with Crippen molar-refractivity contribution in [3.8, 4) is 0 Å². The molecular weight excluding hydrogens is 236 g/mol. The van der Waals surface area contributed by atoms with Gasteiger partial charge in [-0.25, -0.2) is 0 Å². The molecule has 1 saturated carbocycles. The molecule has 0 spiro atoms. The van der Waals surface area contributed by atoms with E-state index in [1.807, 2.05) is 35.0 Å². The van der Waals surface area contributed by atoms with Crippen LogP contribution < -0.4 is 5.32 Å². The summed E-state index contributed by atoms with van der Waals surface area (Å²) in [5, 5.41) is 4.77. The van der Waals surface area contributed by atoms with Crippen molar-refractivity contribution >= 4 is 28.4 Å². The van der Waals surface area contributed by atoms with Crippen molar-refractivity contribution in [1.29, 1.82) is 0 Å². The number of hydrogen-bond donors (Lipinski definition) is 1. The molecule has 1 aromatic carbocycles. The molecular formula is C13H13ClN2O. The Kier molecular flexibility index (Phi) is 2.56. The highest BCUT2D eigenvalue weighted by atomic mass is 35.5. The van der Waals surface area contributed by atoms with Crippen LogP contribution in [0.4, 0.5) is 0 Å². The second-order valence-corrected chi connectivity index (χ2v) is 4.93. The van der Waals surface area contributed by atoms with E-state index in [1.54, 1.807) is 0 Å². The molecule has 3 rings (SSSR count). The van der Waals surface area contributed by atoms with Crippen LogP contribution >= 0.6 is 11.6 Å². The second-order valence-electron chi connectivity index (χ2n) is 4.49. The summed E-state index contributed by atoms with van der Waals surface area (Å²) in [4.78, 5) is 11.7. The van der Waals surface area contributed by atoms with Gasteiger partial charge in [-0.3, -0.25) is 4.79 Å². The molecule has 4 heteroatoms. The molecule has 17 heavy (non-hydrogen) atoms. The summed E-state index contributed by atoms with van der Waals surface area (Å²) in [7, 11) is 0. The third-order valence-corrected chi connectivity index (χ3v) is 3.22. The first kappa shape index (κ1) is 10.7. The van der Waals surface area contributed by atoms with E-state index in [0.717, 1.165) is 28.8 Å². The normalized spacial score (nSPS) is 15.1. The topological polar surface area (TPSA) is 34.0 Å². The summed E-state index contributed by atoms with van der Waals surface area (Å²) in [5.41, 5.74) is 1.04. The predicted molar refractivity (Wildman–Crippen MR) is 68.1 cm³/mol. The molecule has 0 bridgehead atoms.